The summed E-state index contributed by atoms with van der Waals surface area (Å²) in [6.45, 7) is 17.2. The number of rotatable bonds is 8. The second-order valence-corrected chi connectivity index (χ2v) is 12.1. The number of amides is 4. The molecule has 0 bridgehead atoms. The minimum Gasteiger partial charge on any atom is -0.350 e. The van der Waals surface area contributed by atoms with Crippen LogP contribution in [0.3, 0.4) is 0 Å². The number of nitrogens with two attached hydrogens (primary N) is 1. The highest BCUT2D eigenvalue weighted by atomic mass is 16.2. The van der Waals surface area contributed by atoms with Crippen molar-refractivity contribution in [2.45, 2.75) is 85.2 Å². The zero-order valence-corrected chi connectivity index (χ0v) is 22.7. The summed E-state index contributed by atoms with van der Waals surface area (Å²) in [4.78, 5) is 52.3. The second-order valence-electron chi connectivity index (χ2n) is 12.1. The van der Waals surface area contributed by atoms with E-state index in [2.05, 4.69) is 31.4 Å². The molecule has 0 spiro atoms. The van der Waals surface area contributed by atoms with E-state index in [1.165, 1.54) is 4.90 Å². The van der Waals surface area contributed by atoms with E-state index in [1.807, 2.05) is 12.1 Å². The molecule has 0 aliphatic carbocycles. The summed E-state index contributed by atoms with van der Waals surface area (Å²) >= 11 is 0. The van der Waals surface area contributed by atoms with Gasteiger partial charge >= 0.3 is 0 Å². The third-order valence-electron chi connectivity index (χ3n) is 7.50. The number of nitrogens with zero attached hydrogens (tertiary/aromatic N) is 1. The van der Waals surface area contributed by atoms with Crippen molar-refractivity contribution in [2.24, 2.45) is 17.1 Å². The molecule has 1 fully saturated rings. The van der Waals surface area contributed by atoms with E-state index in [1.54, 1.807) is 53.7 Å². The quantitative estimate of drug-likeness (QED) is 0.488. The van der Waals surface area contributed by atoms with E-state index in [-0.39, 0.29) is 35.6 Å². The number of hydrogen-bond donors (Lipinski definition) is 3. The van der Waals surface area contributed by atoms with Gasteiger partial charge in [0, 0.05) is 36.2 Å². The third-order valence-corrected chi connectivity index (χ3v) is 7.50. The largest absolute Gasteiger partial charge is 0.350 e. The van der Waals surface area contributed by atoms with Gasteiger partial charge in [-0.3, -0.25) is 24.1 Å². The van der Waals surface area contributed by atoms with Crippen molar-refractivity contribution >= 4 is 23.6 Å². The van der Waals surface area contributed by atoms with E-state index in [0.29, 0.717) is 18.5 Å². The zero-order chi connectivity index (χ0) is 27.0. The van der Waals surface area contributed by atoms with Crippen molar-refractivity contribution in [2.75, 3.05) is 13.1 Å². The molecule has 1 aliphatic heterocycles. The van der Waals surface area contributed by atoms with Gasteiger partial charge in [-0.2, -0.15) is 0 Å². The normalized spacial score (nSPS) is 15.8. The maximum absolute atomic E-state index is 13.4. The van der Waals surface area contributed by atoms with Gasteiger partial charge in [0.25, 0.3) is 5.91 Å². The van der Waals surface area contributed by atoms with Crippen LogP contribution >= 0.6 is 0 Å². The van der Waals surface area contributed by atoms with Crippen LogP contribution in [0.5, 0.6) is 0 Å². The smallest absolute Gasteiger partial charge is 0.251 e. The number of carbonyl (C=O) groups is 4. The Hall–Kier alpha value is -2.74. The van der Waals surface area contributed by atoms with Gasteiger partial charge in [-0.25, -0.2) is 0 Å². The van der Waals surface area contributed by atoms with E-state index >= 15 is 0 Å². The van der Waals surface area contributed by atoms with Gasteiger partial charge in [-0.05, 0) is 64.7 Å². The van der Waals surface area contributed by atoms with Gasteiger partial charge in [0.15, 0.2) is 0 Å². The van der Waals surface area contributed by atoms with Gasteiger partial charge in [-0.15, -0.1) is 0 Å². The van der Waals surface area contributed by atoms with Crippen molar-refractivity contribution in [3.8, 4) is 0 Å². The molecule has 4 amide bonds. The maximum Gasteiger partial charge on any atom is 0.251 e. The Morgan fingerprint density at radius 2 is 1.49 bits per heavy atom. The predicted molar refractivity (Wildman–Crippen MR) is 137 cm³/mol. The topological polar surface area (TPSA) is 122 Å². The molecule has 1 aromatic carbocycles. The molecular formula is C27H42N4O4. The van der Waals surface area contributed by atoms with Crippen molar-refractivity contribution in [1.82, 2.24) is 15.5 Å². The fraction of sp³-hybridized carbons (Fsp3) is 0.630. The standard InChI is InChI=1S/C27H42N4O4/c1-24(2,3)18-12-10-17(11-13-18)21(33)29-26(6,7)19(16-28)22(34)30-27(8,9)25(4,5)23(35)31-15-14-20(31)32/h10-13,19H,14-16,28H2,1-9H3,(H,29,33)(H,30,34)/t19-/m1/s1. The van der Waals surface area contributed by atoms with E-state index < -0.39 is 22.4 Å². The monoisotopic (exact) mass is 486 g/mol. The first kappa shape index (κ1) is 28.5. The number of β-lactam (4-membered cyclic amide) rings is 1. The number of likely N-dealkylation sites (tertiary alicyclic amines) is 1. The van der Waals surface area contributed by atoms with E-state index in [0.717, 1.165) is 5.56 Å². The Morgan fingerprint density at radius 1 is 0.943 bits per heavy atom. The van der Waals surface area contributed by atoms with Crippen LogP contribution in [0.15, 0.2) is 24.3 Å². The summed E-state index contributed by atoms with van der Waals surface area (Å²) in [7, 11) is 0. The molecule has 1 aromatic rings. The molecule has 194 valence electrons. The lowest BCUT2D eigenvalue weighted by molar-refractivity contribution is -0.160. The van der Waals surface area contributed by atoms with Gasteiger partial charge in [0.1, 0.15) is 0 Å². The van der Waals surface area contributed by atoms with Gasteiger partial charge in [0.05, 0.1) is 11.3 Å². The van der Waals surface area contributed by atoms with E-state index in [4.69, 9.17) is 5.73 Å². The van der Waals surface area contributed by atoms with Gasteiger partial charge < -0.3 is 16.4 Å². The Morgan fingerprint density at radius 3 is 1.89 bits per heavy atom. The summed E-state index contributed by atoms with van der Waals surface area (Å²) in [6, 6.07) is 7.41. The van der Waals surface area contributed by atoms with Crippen molar-refractivity contribution in [1.29, 1.82) is 0 Å². The number of benzene rings is 1. The molecule has 0 aromatic heterocycles. The summed E-state index contributed by atoms with van der Waals surface area (Å²) in [6.07, 6.45) is 0.358. The molecule has 1 saturated heterocycles. The first-order valence-corrected chi connectivity index (χ1v) is 12.1. The molecule has 0 unspecified atom stereocenters. The number of nitrogens with one attached hydrogen (secondary N) is 2. The van der Waals surface area contributed by atoms with Gasteiger partial charge in [0.2, 0.25) is 17.7 Å². The van der Waals surface area contributed by atoms with E-state index in [9.17, 15) is 19.2 Å². The predicted octanol–water partition coefficient (Wildman–Crippen LogP) is 2.75. The van der Waals surface area contributed by atoms with Crippen molar-refractivity contribution in [3.63, 3.8) is 0 Å². The minimum absolute atomic E-state index is 0.00284. The molecule has 8 nitrogen and oxygen atoms in total. The Kier molecular flexibility index (Phi) is 7.92. The average molecular weight is 487 g/mol. The number of hydrogen-bond acceptors (Lipinski definition) is 5. The molecule has 4 N–H and O–H groups in total. The van der Waals surface area contributed by atoms with Crippen molar-refractivity contribution in [3.05, 3.63) is 35.4 Å². The molecule has 8 heteroatoms. The molecule has 2 rings (SSSR count). The summed E-state index contributed by atoms with van der Waals surface area (Å²) in [5.41, 5.74) is 4.60. The van der Waals surface area contributed by atoms with Crippen LogP contribution in [0.2, 0.25) is 0 Å². The number of imide groups is 1. The van der Waals surface area contributed by atoms with Crippen LogP contribution in [-0.2, 0) is 19.8 Å². The van der Waals surface area contributed by atoms with Crippen LogP contribution in [0, 0.1) is 11.3 Å². The fourth-order valence-corrected chi connectivity index (χ4v) is 3.99. The van der Waals surface area contributed by atoms with Crippen LogP contribution in [0.25, 0.3) is 0 Å². The second kappa shape index (κ2) is 9.72. The Balaban J connectivity index is 2.15. The SMILES string of the molecule is CC(C)(C)c1ccc(C(=O)NC(C)(C)[C@H](CN)C(=O)NC(C)(C)C(C)(C)C(=O)N2CCC2=O)cc1. The summed E-state index contributed by atoms with van der Waals surface area (Å²) < 4.78 is 0. The highest BCUT2D eigenvalue weighted by Gasteiger charge is 2.50. The van der Waals surface area contributed by atoms with Crippen LogP contribution in [0.1, 0.15) is 84.7 Å². The lowest BCUT2D eigenvalue weighted by Gasteiger charge is -2.46. The maximum atomic E-state index is 13.4. The molecule has 35 heavy (non-hydrogen) atoms. The number of carbonyl (C=O) groups excluding carboxylic acids is 4. The molecule has 1 aliphatic rings. The highest BCUT2D eigenvalue weighted by molar-refractivity contribution is 6.02. The highest BCUT2D eigenvalue weighted by Crippen LogP contribution is 2.35. The van der Waals surface area contributed by atoms with Crippen LogP contribution in [0.4, 0.5) is 0 Å². The van der Waals surface area contributed by atoms with Crippen LogP contribution in [-0.4, -0.2) is 52.7 Å². The molecule has 0 saturated carbocycles. The first-order chi connectivity index (χ1) is 15.8. The first-order valence-electron chi connectivity index (χ1n) is 12.1. The molecule has 1 atom stereocenters. The lowest BCUT2D eigenvalue weighted by atomic mass is 9.72. The minimum atomic E-state index is -1.04. The fourth-order valence-electron chi connectivity index (χ4n) is 3.99. The summed E-state index contributed by atoms with van der Waals surface area (Å²) in [5, 5.41) is 5.91. The Bertz CT molecular complexity index is 987. The van der Waals surface area contributed by atoms with Crippen molar-refractivity contribution < 1.29 is 19.2 Å². The zero-order valence-electron chi connectivity index (χ0n) is 22.7. The Labute approximate surface area is 209 Å². The lowest BCUT2D eigenvalue weighted by Crippen LogP contribution is -2.65. The van der Waals surface area contributed by atoms with Gasteiger partial charge in [-0.1, -0.05) is 32.9 Å². The summed E-state index contributed by atoms with van der Waals surface area (Å²) in [5.74, 6) is -1.95. The molecule has 1 heterocycles. The average Bonchev–Trinajstić information content (AvgIpc) is 2.71. The molecular weight excluding hydrogens is 444 g/mol. The van der Waals surface area contributed by atoms with Crippen LogP contribution < -0.4 is 16.4 Å². The molecule has 0 radical (unpaired) electrons. The third kappa shape index (κ3) is 5.92.